The molecular weight excluding hydrogens is 300 g/mol. The van der Waals surface area contributed by atoms with Gasteiger partial charge in [-0.1, -0.05) is 11.6 Å². The molecule has 1 aromatic carbocycles. The molecule has 0 saturated heterocycles. The Morgan fingerprint density at radius 2 is 1.95 bits per heavy atom. The van der Waals surface area contributed by atoms with Gasteiger partial charge in [0.15, 0.2) is 0 Å². The fourth-order valence-electron chi connectivity index (χ4n) is 3.14. The van der Waals surface area contributed by atoms with Crippen LogP contribution in [0, 0.1) is 0 Å². The van der Waals surface area contributed by atoms with Crippen molar-refractivity contribution >= 4 is 22.4 Å². The number of hydrogen-bond acceptors (Lipinski definition) is 3. The summed E-state index contributed by atoms with van der Waals surface area (Å²) in [4.78, 5) is 16.7. The lowest BCUT2D eigenvalue weighted by molar-refractivity contribution is 0.111. The van der Waals surface area contributed by atoms with Crippen molar-refractivity contribution < 1.29 is 4.74 Å². The maximum absolute atomic E-state index is 11.8. The average molecular weight is 321 g/mol. The van der Waals surface area contributed by atoms with E-state index in [0.29, 0.717) is 22.2 Å². The number of H-pyrrole nitrogens is 1. The zero-order valence-corrected chi connectivity index (χ0v) is 13.7. The van der Waals surface area contributed by atoms with Gasteiger partial charge >= 0.3 is 0 Å². The van der Waals surface area contributed by atoms with Gasteiger partial charge in [0.2, 0.25) is 0 Å². The van der Waals surface area contributed by atoms with E-state index in [4.69, 9.17) is 16.3 Å². The van der Waals surface area contributed by atoms with Crippen molar-refractivity contribution in [3.05, 3.63) is 39.8 Å². The molecule has 0 spiro atoms. The summed E-state index contributed by atoms with van der Waals surface area (Å²) >= 11 is 6.29. The first-order valence-electron chi connectivity index (χ1n) is 7.68. The minimum Gasteiger partial charge on any atom is -0.489 e. The summed E-state index contributed by atoms with van der Waals surface area (Å²) in [5.74, 6) is 0.674. The second-order valence-electron chi connectivity index (χ2n) is 6.19. The first-order chi connectivity index (χ1) is 10.5. The van der Waals surface area contributed by atoms with Gasteiger partial charge in [0.25, 0.3) is 5.56 Å². The van der Waals surface area contributed by atoms with E-state index in [1.165, 1.54) is 0 Å². The highest BCUT2D eigenvalue weighted by atomic mass is 35.5. The van der Waals surface area contributed by atoms with E-state index in [9.17, 15) is 4.79 Å². The van der Waals surface area contributed by atoms with Crippen LogP contribution >= 0.6 is 11.6 Å². The molecule has 0 bridgehead atoms. The molecule has 0 radical (unpaired) electrons. The van der Waals surface area contributed by atoms with Crippen molar-refractivity contribution in [1.29, 1.82) is 0 Å². The van der Waals surface area contributed by atoms with Gasteiger partial charge in [-0.05, 0) is 63.4 Å². The van der Waals surface area contributed by atoms with Gasteiger partial charge in [-0.2, -0.15) is 0 Å². The molecular formula is C17H21ClN2O2. The highest BCUT2D eigenvalue weighted by Gasteiger charge is 2.24. The molecule has 1 fully saturated rings. The number of pyridine rings is 1. The summed E-state index contributed by atoms with van der Waals surface area (Å²) in [7, 11) is 4.26. The Hall–Kier alpha value is -1.52. The van der Waals surface area contributed by atoms with Gasteiger partial charge in [-0.15, -0.1) is 0 Å². The van der Waals surface area contributed by atoms with Crippen molar-refractivity contribution in [3.8, 4) is 5.75 Å². The van der Waals surface area contributed by atoms with E-state index in [2.05, 4.69) is 24.0 Å². The third-order valence-electron chi connectivity index (χ3n) is 4.49. The smallest absolute Gasteiger partial charge is 0.255 e. The molecule has 1 aliphatic carbocycles. The molecule has 0 aliphatic heterocycles. The molecule has 5 heteroatoms. The van der Waals surface area contributed by atoms with Gasteiger partial charge < -0.3 is 14.6 Å². The minimum absolute atomic E-state index is 0.127. The van der Waals surface area contributed by atoms with Gasteiger partial charge in [-0.3, -0.25) is 4.79 Å². The second-order valence-corrected chi connectivity index (χ2v) is 6.60. The first-order valence-corrected chi connectivity index (χ1v) is 8.06. The molecule has 1 N–H and O–H groups in total. The molecule has 1 aromatic heterocycles. The monoisotopic (exact) mass is 320 g/mol. The zero-order valence-electron chi connectivity index (χ0n) is 12.9. The number of aromatic amines is 1. The number of ether oxygens (including phenoxy) is 1. The summed E-state index contributed by atoms with van der Waals surface area (Å²) < 4.78 is 6.10. The number of fused-ring (bicyclic) bond motifs is 1. The molecule has 2 aromatic rings. The fraction of sp³-hybridized carbons (Fsp3) is 0.471. The van der Waals surface area contributed by atoms with Crippen molar-refractivity contribution in [2.45, 2.75) is 37.8 Å². The number of nitrogens with zero attached hydrogens (tertiary/aromatic N) is 1. The average Bonchev–Trinajstić information content (AvgIpc) is 2.50. The summed E-state index contributed by atoms with van der Waals surface area (Å²) in [5, 5.41) is 1.94. The lowest BCUT2D eigenvalue weighted by atomic mass is 9.92. The SMILES string of the molecule is CN(C)[C@H]1CC[C@H](Oc2cc3cc[nH]c(=O)c3cc2Cl)CC1. The Morgan fingerprint density at radius 1 is 1.23 bits per heavy atom. The maximum Gasteiger partial charge on any atom is 0.255 e. The third-order valence-corrected chi connectivity index (χ3v) is 4.79. The van der Waals surface area contributed by atoms with Crippen molar-refractivity contribution in [2.24, 2.45) is 0 Å². The largest absolute Gasteiger partial charge is 0.489 e. The lowest BCUT2D eigenvalue weighted by Gasteiger charge is -2.32. The molecule has 4 nitrogen and oxygen atoms in total. The van der Waals surface area contributed by atoms with Crippen molar-refractivity contribution in [1.82, 2.24) is 9.88 Å². The number of hydrogen-bond donors (Lipinski definition) is 1. The third kappa shape index (κ3) is 3.13. The summed E-state index contributed by atoms with van der Waals surface area (Å²) in [6.07, 6.45) is 6.20. The van der Waals surface area contributed by atoms with E-state index < -0.39 is 0 Å². The van der Waals surface area contributed by atoms with E-state index in [0.717, 1.165) is 31.1 Å². The molecule has 1 saturated carbocycles. The van der Waals surface area contributed by atoms with Gasteiger partial charge in [0, 0.05) is 17.6 Å². The Morgan fingerprint density at radius 3 is 2.64 bits per heavy atom. The number of halogens is 1. The van der Waals surface area contributed by atoms with E-state index in [1.54, 1.807) is 12.3 Å². The van der Waals surface area contributed by atoms with Gasteiger partial charge in [0.05, 0.1) is 11.1 Å². The highest BCUT2D eigenvalue weighted by Crippen LogP contribution is 2.32. The van der Waals surface area contributed by atoms with Crippen LogP contribution in [0.3, 0.4) is 0 Å². The standard InChI is InChI=1S/C17H21ClN2O2/c1-20(2)12-3-5-13(6-4-12)22-16-9-11-7-8-19-17(21)14(11)10-15(16)18/h7-10,12-13H,3-6H2,1-2H3,(H,19,21)/t12-,13-. The number of rotatable bonds is 3. The molecule has 3 rings (SSSR count). The van der Waals surface area contributed by atoms with Gasteiger partial charge in [0.1, 0.15) is 5.75 Å². The molecule has 1 aliphatic rings. The Bertz CT molecular complexity index is 718. The summed E-state index contributed by atoms with van der Waals surface area (Å²) in [6, 6.07) is 6.06. The lowest BCUT2D eigenvalue weighted by Crippen LogP contribution is -2.35. The van der Waals surface area contributed by atoms with E-state index in [-0.39, 0.29) is 11.7 Å². The Balaban J connectivity index is 1.77. The van der Waals surface area contributed by atoms with Gasteiger partial charge in [-0.25, -0.2) is 0 Å². The van der Waals surface area contributed by atoms with Crippen LogP contribution in [0.4, 0.5) is 0 Å². The van der Waals surface area contributed by atoms with Crippen LogP contribution in [0.2, 0.25) is 5.02 Å². The normalized spacial score (nSPS) is 22.2. The molecule has 1 heterocycles. The molecule has 0 unspecified atom stereocenters. The molecule has 0 amide bonds. The Kier molecular flexibility index (Phi) is 4.41. The van der Waals surface area contributed by atoms with Crippen LogP contribution in [-0.4, -0.2) is 36.1 Å². The molecule has 0 atom stereocenters. The second kappa shape index (κ2) is 6.31. The Labute approximate surface area is 135 Å². The predicted octanol–water partition coefficient (Wildman–Crippen LogP) is 3.43. The van der Waals surface area contributed by atoms with Crippen LogP contribution in [0.5, 0.6) is 5.75 Å². The summed E-state index contributed by atoms with van der Waals surface area (Å²) in [5.41, 5.74) is -0.127. The maximum atomic E-state index is 11.8. The minimum atomic E-state index is -0.127. The van der Waals surface area contributed by atoms with Crippen LogP contribution in [0.25, 0.3) is 10.8 Å². The van der Waals surface area contributed by atoms with Crippen LogP contribution in [0.15, 0.2) is 29.2 Å². The fourth-order valence-corrected chi connectivity index (χ4v) is 3.35. The topological polar surface area (TPSA) is 45.3 Å². The van der Waals surface area contributed by atoms with Crippen LogP contribution < -0.4 is 10.3 Å². The van der Waals surface area contributed by atoms with Crippen molar-refractivity contribution in [2.75, 3.05) is 14.1 Å². The van der Waals surface area contributed by atoms with E-state index >= 15 is 0 Å². The first kappa shape index (κ1) is 15.4. The molecule has 118 valence electrons. The highest BCUT2D eigenvalue weighted by molar-refractivity contribution is 6.32. The summed E-state index contributed by atoms with van der Waals surface area (Å²) in [6.45, 7) is 0. The number of aromatic nitrogens is 1. The predicted molar refractivity (Wildman–Crippen MR) is 89.9 cm³/mol. The zero-order chi connectivity index (χ0) is 15.7. The number of nitrogens with one attached hydrogen (secondary N) is 1. The molecule has 22 heavy (non-hydrogen) atoms. The van der Waals surface area contributed by atoms with Crippen LogP contribution in [-0.2, 0) is 0 Å². The number of benzene rings is 1. The quantitative estimate of drug-likeness (QED) is 0.942. The van der Waals surface area contributed by atoms with Crippen LogP contribution in [0.1, 0.15) is 25.7 Å². The van der Waals surface area contributed by atoms with Crippen molar-refractivity contribution in [3.63, 3.8) is 0 Å². The van der Waals surface area contributed by atoms with E-state index in [1.807, 2.05) is 12.1 Å².